The summed E-state index contributed by atoms with van der Waals surface area (Å²) in [4.78, 5) is 2.46. The van der Waals surface area contributed by atoms with Gasteiger partial charge in [-0.1, -0.05) is 237 Å². The van der Waals surface area contributed by atoms with E-state index in [-0.39, 0.29) is 0 Å². The molecule has 310 valence electrons. The van der Waals surface area contributed by atoms with Gasteiger partial charge in [0.1, 0.15) is 0 Å². The minimum Gasteiger partial charge on any atom is -0.310 e. The maximum atomic E-state index is 2.48. The van der Waals surface area contributed by atoms with Crippen molar-refractivity contribution in [3.8, 4) is 55.6 Å². The monoisotopic (exact) mass is 839 g/mol. The van der Waals surface area contributed by atoms with Crippen molar-refractivity contribution in [1.29, 1.82) is 0 Å². The Balaban J connectivity index is 1.09. The lowest BCUT2D eigenvalue weighted by atomic mass is 9.66. The van der Waals surface area contributed by atoms with Crippen LogP contribution in [0.2, 0.25) is 0 Å². The van der Waals surface area contributed by atoms with E-state index in [1.165, 1.54) is 88.7 Å². The zero-order valence-electron chi connectivity index (χ0n) is 36.4. The van der Waals surface area contributed by atoms with E-state index in [2.05, 4.69) is 278 Å². The lowest BCUT2D eigenvalue weighted by Crippen LogP contribution is -2.29. The number of hydrogen-bond acceptors (Lipinski definition) is 1. The standard InChI is InChI=1S/C65H45N/c1-6-18-46(19-7-1)49-30-32-50(33-31-49)52-36-41-57(42-37-52)66(56-39-34-51(35-40-56)47-20-8-2-9-21-47)63-45-61-58-43-38-53(48-22-10-3-11-23-48)44-62(58)65(54-24-12-4-13-25-54,55-26-14-5-15-27-55)64(61)60-29-17-16-28-59(60)63/h1-45H. The highest BCUT2D eigenvalue weighted by Crippen LogP contribution is 2.60. The van der Waals surface area contributed by atoms with E-state index < -0.39 is 5.41 Å². The largest absolute Gasteiger partial charge is 0.310 e. The molecule has 0 atom stereocenters. The Labute approximate surface area is 387 Å². The molecule has 0 saturated carbocycles. The second-order valence-electron chi connectivity index (χ2n) is 17.2. The average Bonchev–Trinajstić information content (AvgIpc) is 3.71. The predicted molar refractivity (Wildman–Crippen MR) is 278 cm³/mol. The van der Waals surface area contributed by atoms with Gasteiger partial charge in [0.15, 0.2) is 0 Å². The number of benzene rings is 11. The molecule has 0 bridgehead atoms. The Kier molecular flexibility index (Phi) is 9.81. The molecule has 0 radical (unpaired) electrons. The van der Waals surface area contributed by atoms with Crippen LogP contribution in [0.5, 0.6) is 0 Å². The van der Waals surface area contributed by atoms with Gasteiger partial charge < -0.3 is 4.90 Å². The zero-order chi connectivity index (χ0) is 43.9. The fraction of sp³-hybridized carbons (Fsp3) is 0.0154. The molecule has 0 N–H and O–H groups in total. The van der Waals surface area contributed by atoms with Crippen molar-refractivity contribution in [2.24, 2.45) is 0 Å². The fourth-order valence-electron chi connectivity index (χ4n) is 10.5. The maximum absolute atomic E-state index is 2.48. The number of hydrogen-bond donors (Lipinski definition) is 0. The summed E-state index contributed by atoms with van der Waals surface area (Å²) in [5, 5.41) is 2.42. The molecule has 11 aromatic rings. The molecule has 12 rings (SSSR count). The molecule has 0 spiro atoms. The predicted octanol–water partition coefficient (Wildman–Crippen LogP) is 17.3. The van der Waals surface area contributed by atoms with E-state index in [1.807, 2.05) is 0 Å². The van der Waals surface area contributed by atoms with Gasteiger partial charge in [-0.15, -0.1) is 0 Å². The quantitative estimate of drug-likeness (QED) is 0.140. The molecule has 0 fully saturated rings. The summed E-state index contributed by atoms with van der Waals surface area (Å²) >= 11 is 0. The second-order valence-corrected chi connectivity index (χ2v) is 17.2. The minimum absolute atomic E-state index is 0.587. The third-order valence-electron chi connectivity index (χ3n) is 13.6. The molecule has 1 aliphatic rings. The number of fused-ring (bicyclic) bond motifs is 5. The Morgan fingerprint density at radius 2 is 0.606 bits per heavy atom. The number of rotatable bonds is 9. The molecule has 1 aliphatic carbocycles. The minimum atomic E-state index is -0.587. The first kappa shape index (κ1) is 39.1. The number of nitrogens with zero attached hydrogens (tertiary/aromatic N) is 1. The third-order valence-corrected chi connectivity index (χ3v) is 13.6. The summed E-state index contributed by atoms with van der Waals surface area (Å²) in [5.74, 6) is 0. The van der Waals surface area contributed by atoms with Gasteiger partial charge in [-0.25, -0.2) is 0 Å². The molecule has 0 saturated heterocycles. The van der Waals surface area contributed by atoms with E-state index >= 15 is 0 Å². The molecule has 0 aromatic heterocycles. The van der Waals surface area contributed by atoms with Crippen LogP contribution in [0.4, 0.5) is 17.1 Å². The van der Waals surface area contributed by atoms with Crippen molar-refractivity contribution < 1.29 is 0 Å². The van der Waals surface area contributed by atoms with E-state index in [4.69, 9.17) is 0 Å². The van der Waals surface area contributed by atoms with Crippen molar-refractivity contribution in [2.75, 3.05) is 4.90 Å². The summed E-state index contributed by atoms with van der Waals surface area (Å²) in [5.41, 5.74) is 19.9. The van der Waals surface area contributed by atoms with E-state index in [0.29, 0.717) is 0 Å². The average molecular weight is 840 g/mol. The van der Waals surface area contributed by atoms with Crippen LogP contribution in [0.25, 0.3) is 66.4 Å². The van der Waals surface area contributed by atoms with Gasteiger partial charge in [0, 0.05) is 16.8 Å². The van der Waals surface area contributed by atoms with E-state index in [9.17, 15) is 0 Å². The zero-order valence-corrected chi connectivity index (χ0v) is 36.4. The highest BCUT2D eigenvalue weighted by molar-refractivity contribution is 6.09. The summed E-state index contributed by atoms with van der Waals surface area (Å²) in [6.07, 6.45) is 0. The van der Waals surface area contributed by atoms with Crippen LogP contribution in [0.3, 0.4) is 0 Å². The Morgan fingerprint density at radius 1 is 0.258 bits per heavy atom. The van der Waals surface area contributed by atoms with Gasteiger partial charge in [0.2, 0.25) is 0 Å². The molecule has 1 heteroatoms. The first-order valence-corrected chi connectivity index (χ1v) is 22.8. The molecular weight excluding hydrogens is 795 g/mol. The van der Waals surface area contributed by atoms with Crippen LogP contribution in [0, 0.1) is 0 Å². The van der Waals surface area contributed by atoms with Crippen LogP contribution in [-0.2, 0) is 5.41 Å². The van der Waals surface area contributed by atoms with Gasteiger partial charge in [-0.05, 0) is 120 Å². The fourth-order valence-corrected chi connectivity index (χ4v) is 10.5. The molecule has 0 heterocycles. The van der Waals surface area contributed by atoms with Gasteiger partial charge in [-0.3, -0.25) is 0 Å². The Bertz CT molecular complexity index is 3410. The number of anilines is 3. The summed E-state index contributed by atoms with van der Waals surface area (Å²) in [6, 6.07) is 100. The normalized spacial score (nSPS) is 12.4. The smallest absolute Gasteiger partial charge is 0.0719 e. The first-order valence-electron chi connectivity index (χ1n) is 22.8. The van der Waals surface area contributed by atoms with Crippen molar-refractivity contribution >= 4 is 27.8 Å². The van der Waals surface area contributed by atoms with Crippen LogP contribution < -0.4 is 4.90 Å². The van der Waals surface area contributed by atoms with Gasteiger partial charge in [0.05, 0.1) is 11.1 Å². The lowest BCUT2D eigenvalue weighted by Gasteiger charge is -2.35. The van der Waals surface area contributed by atoms with E-state index in [1.54, 1.807) is 0 Å². The molecule has 11 aromatic carbocycles. The van der Waals surface area contributed by atoms with Crippen LogP contribution in [0.1, 0.15) is 22.3 Å². The summed E-state index contributed by atoms with van der Waals surface area (Å²) in [6.45, 7) is 0. The van der Waals surface area contributed by atoms with Crippen molar-refractivity contribution in [2.45, 2.75) is 5.41 Å². The molecule has 0 amide bonds. The first-order chi connectivity index (χ1) is 32.7. The molecular formula is C65H45N. The second kappa shape index (κ2) is 16.6. The maximum Gasteiger partial charge on any atom is 0.0719 e. The molecule has 0 unspecified atom stereocenters. The van der Waals surface area contributed by atoms with Gasteiger partial charge in [0.25, 0.3) is 0 Å². The van der Waals surface area contributed by atoms with Crippen molar-refractivity contribution in [1.82, 2.24) is 0 Å². The SMILES string of the molecule is c1ccc(-c2ccc(-c3ccc(N(c4ccc(-c5ccccc5)cc4)c4cc5c(c6ccccc46)C(c4ccccc4)(c4ccccc4)c4cc(-c6ccccc6)ccc4-5)cc3)cc2)cc1. The van der Waals surface area contributed by atoms with Crippen molar-refractivity contribution in [3.05, 3.63) is 295 Å². The van der Waals surface area contributed by atoms with Crippen LogP contribution in [0.15, 0.2) is 273 Å². The molecule has 66 heavy (non-hydrogen) atoms. The Hall–Kier alpha value is -8.52. The highest BCUT2D eigenvalue weighted by atomic mass is 15.1. The van der Waals surface area contributed by atoms with Crippen LogP contribution in [-0.4, -0.2) is 0 Å². The highest BCUT2D eigenvalue weighted by Gasteiger charge is 2.48. The van der Waals surface area contributed by atoms with Gasteiger partial charge >= 0.3 is 0 Å². The molecule has 0 aliphatic heterocycles. The summed E-state index contributed by atoms with van der Waals surface area (Å²) < 4.78 is 0. The summed E-state index contributed by atoms with van der Waals surface area (Å²) in [7, 11) is 0. The molecule has 1 nitrogen and oxygen atoms in total. The topological polar surface area (TPSA) is 3.24 Å². The van der Waals surface area contributed by atoms with Crippen molar-refractivity contribution in [3.63, 3.8) is 0 Å². The van der Waals surface area contributed by atoms with Crippen LogP contribution >= 0.6 is 0 Å². The van der Waals surface area contributed by atoms with Gasteiger partial charge in [-0.2, -0.15) is 0 Å². The Morgan fingerprint density at radius 3 is 1.06 bits per heavy atom. The van der Waals surface area contributed by atoms with E-state index in [0.717, 1.165) is 17.1 Å². The lowest BCUT2D eigenvalue weighted by molar-refractivity contribution is 0.776. The third kappa shape index (κ3) is 6.64.